The van der Waals surface area contributed by atoms with Crippen molar-refractivity contribution in [1.82, 2.24) is 5.32 Å². The van der Waals surface area contributed by atoms with Crippen molar-refractivity contribution in [2.24, 2.45) is 5.92 Å². The fourth-order valence-electron chi connectivity index (χ4n) is 1.57. The number of ether oxygens (including phenoxy) is 1. The van der Waals surface area contributed by atoms with Gasteiger partial charge in [0.25, 0.3) is 0 Å². The molecule has 0 saturated carbocycles. The molecule has 0 aliphatic rings. The molecule has 1 aromatic carbocycles. The highest BCUT2D eigenvalue weighted by Crippen LogP contribution is 2.34. The number of hydrogen-bond acceptors (Lipinski definition) is 3. The van der Waals surface area contributed by atoms with Gasteiger partial charge < -0.3 is 20.5 Å². The van der Waals surface area contributed by atoms with Crippen molar-refractivity contribution in [2.75, 3.05) is 19.0 Å². The van der Waals surface area contributed by atoms with E-state index in [-0.39, 0.29) is 6.54 Å². The van der Waals surface area contributed by atoms with Gasteiger partial charge in [-0.1, -0.05) is 6.92 Å². The second kappa shape index (κ2) is 8.23. The molecular weight excluding hydrogens is 408 g/mol. The van der Waals surface area contributed by atoms with Crippen molar-refractivity contribution in [2.45, 2.75) is 13.3 Å². The zero-order chi connectivity index (χ0) is 16.0. The summed E-state index contributed by atoms with van der Waals surface area (Å²) in [6.07, 6.45) is 0.450. The first kappa shape index (κ1) is 17.8. The van der Waals surface area contributed by atoms with Gasteiger partial charge in [0.05, 0.1) is 23.2 Å². The molecule has 1 rings (SSSR count). The van der Waals surface area contributed by atoms with Crippen molar-refractivity contribution in [3.8, 4) is 5.75 Å². The Hall–Kier alpha value is -1.28. The molecule has 0 aromatic heterocycles. The Balaban J connectivity index is 2.69. The van der Waals surface area contributed by atoms with E-state index in [0.29, 0.717) is 22.3 Å². The number of hydrogen-bond donors (Lipinski definition) is 3. The van der Waals surface area contributed by atoms with Gasteiger partial charge in [-0.3, -0.25) is 4.79 Å². The topological polar surface area (TPSA) is 87.7 Å². The summed E-state index contributed by atoms with van der Waals surface area (Å²) < 4.78 is 6.58. The summed E-state index contributed by atoms with van der Waals surface area (Å²) in [5.41, 5.74) is 0.524. The predicted molar refractivity (Wildman–Crippen MR) is 86.8 cm³/mol. The third-order valence-corrected chi connectivity index (χ3v) is 4.12. The van der Waals surface area contributed by atoms with Crippen LogP contribution in [0, 0.1) is 5.92 Å². The van der Waals surface area contributed by atoms with Crippen LogP contribution in [0.3, 0.4) is 0 Å². The predicted octanol–water partition coefficient (Wildman–Crippen LogP) is 3.45. The third-order valence-electron chi connectivity index (χ3n) is 2.84. The highest BCUT2D eigenvalue weighted by molar-refractivity contribution is 9.11. The van der Waals surface area contributed by atoms with Crippen LogP contribution in [0.4, 0.5) is 10.5 Å². The first-order valence-corrected chi connectivity index (χ1v) is 7.78. The molecule has 0 aliphatic heterocycles. The maximum absolute atomic E-state index is 11.8. The summed E-state index contributed by atoms with van der Waals surface area (Å²) in [7, 11) is 1.52. The van der Waals surface area contributed by atoms with Gasteiger partial charge in [-0.15, -0.1) is 0 Å². The highest BCUT2D eigenvalue weighted by Gasteiger charge is 2.16. The van der Waals surface area contributed by atoms with Crippen LogP contribution in [0.15, 0.2) is 21.1 Å². The Kier molecular flexibility index (Phi) is 6.97. The van der Waals surface area contributed by atoms with Crippen molar-refractivity contribution in [3.05, 3.63) is 21.1 Å². The smallest absolute Gasteiger partial charge is 0.319 e. The molecular formula is C13H16Br2N2O4. The minimum Gasteiger partial charge on any atom is -0.495 e. The Morgan fingerprint density at radius 2 is 2.00 bits per heavy atom. The zero-order valence-corrected chi connectivity index (χ0v) is 14.7. The number of benzene rings is 1. The molecule has 2 amide bonds. The van der Waals surface area contributed by atoms with Gasteiger partial charge >= 0.3 is 12.0 Å². The number of carbonyl (C=O) groups excluding carboxylic acids is 1. The first-order valence-electron chi connectivity index (χ1n) is 6.19. The van der Waals surface area contributed by atoms with Gasteiger partial charge in [-0.2, -0.15) is 0 Å². The molecule has 21 heavy (non-hydrogen) atoms. The van der Waals surface area contributed by atoms with Gasteiger partial charge in [-0.25, -0.2) is 4.79 Å². The van der Waals surface area contributed by atoms with E-state index in [1.807, 2.05) is 0 Å². The van der Waals surface area contributed by atoms with Crippen LogP contribution in [-0.4, -0.2) is 30.8 Å². The number of rotatable bonds is 6. The van der Waals surface area contributed by atoms with E-state index in [0.717, 1.165) is 4.47 Å². The van der Waals surface area contributed by atoms with Crippen molar-refractivity contribution < 1.29 is 19.4 Å². The number of carboxylic acids is 1. The molecule has 0 bridgehead atoms. The molecule has 8 heteroatoms. The molecule has 116 valence electrons. The minimum atomic E-state index is -0.927. The normalized spacial score (nSPS) is 11.6. The van der Waals surface area contributed by atoms with Crippen molar-refractivity contribution >= 4 is 49.5 Å². The Labute approximate surface area is 139 Å². The number of aliphatic carboxylic acids is 1. The lowest BCUT2D eigenvalue weighted by atomic mass is 10.1. The van der Waals surface area contributed by atoms with E-state index in [4.69, 9.17) is 9.84 Å². The minimum absolute atomic E-state index is 0.0724. The van der Waals surface area contributed by atoms with Crippen LogP contribution in [-0.2, 0) is 4.79 Å². The van der Waals surface area contributed by atoms with E-state index in [2.05, 4.69) is 42.5 Å². The van der Waals surface area contributed by atoms with Crippen LogP contribution < -0.4 is 15.4 Å². The molecule has 0 fully saturated rings. The summed E-state index contributed by atoms with van der Waals surface area (Å²) in [4.78, 5) is 22.7. The number of nitrogens with one attached hydrogen (secondary N) is 2. The van der Waals surface area contributed by atoms with Crippen LogP contribution in [0.5, 0.6) is 5.75 Å². The van der Waals surface area contributed by atoms with Crippen LogP contribution in [0.25, 0.3) is 0 Å². The summed E-state index contributed by atoms with van der Waals surface area (Å²) in [6.45, 7) is 1.83. The molecule has 6 nitrogen and oxygen atoms in total. The Morgan fingerprint density at radius 3 is 2.52 bits per heavy atom. The van der Waals surface area contributed by atoms with Gasteiger partial charge in [0.15, 0.2) is 0 Å². The Morgan fingerprint density at radius 1 is 1.33 bits per heavy atom. The largest absolute Gasteiger partial charge is 0.495 e. The number of anilines is 1. The molecule has 0 heterocycles. The first-order chi connectivity index (χ1) is 9.88. The number of methoxy groups -OCH3 is 1. The van der Waals surface area contributed by atoms with E-state index in [1.54, 1.807) is 19.1 Å². The highest BCUT2D eigenvalue weighted by atomic mass is 79.9. The SMILES string of the molecule is CCC(CNC(=O)Nc1cc(OC)c(Br)cc1Br)C(=O)O. The fraction of sp³-hybridized carbons (Fsp3) is 0.385. The molecule has 0 saturated heterocycles. The number of amides is 2. The molecule has 1 atom stereocenters. The molecule has 1 unspecified atom stereocenters. The number of urea groups is 1. The maximum Gasteiger partial charge on any atom is 0.319 e. The standard InChI is InChI=1S/C13H16Br2N2O4/c1-3-7(12(18)19)6-16-13(20)17-10-5-11(21-2)9(15)4-8(10)14/h4-5,7H,3,6H2,1-2H3,(H,18,19)(H2,16,17,20). The van der Waals surface area contributed by atoms with Crippen LogP contribution in [0.1, 0.15) is 13.3 Å². The third kappa shape index (κ3) is 5.20. The molecule has 0 aliphatic carbocycles. The van der Waals surface area contributed by atoms with E-state index < -0.39 is 17.9 Å². The van der Waals surface area contributed by atoms with Crippen LogP contribution >= 0.6 is 31.9 Å². The van der Waals surface area contributed by atoms with E-state index in [1.165, 1.54) is 7.11 Å². The molecule has 3 N–H and O–H groups in total. The quantitative estimate of drug-likeness (QED) is 0.653. The average Bonchev–Trinajstić information content (AvgIpc) is 2.42. The Bertz CT molecular complexity index is 537. The summed E-state index contributed by atoms with van der Waals surface area (Å²) in [6, 6.07) is 2.93. The van der Waals surface area contributed by atoms with Gasteiger partial charge in [0.1, 0.15) is 5.75 Å². The second-order valence-electron chi connectivity index (χ2n) is 4.25. The lowest BCUT2D eigenvalue weighted by Crippen LogP contribution is -2.35. The van der Waals surface area contributed by atoms with Crippen LogP contribution in [0.2, 0.25) is 0 Å². The van der Waals surface area contributed by atoms with Gasteiger partial charge in [0, 0.05) is 17.1 Å². The maximum atomic E-state index is 11.8. The lowest BCUT2D eigenvalue weighted by molar-refractivity contribution is -0.141. The average molecular weight is 424 g/mol. The molecule has 1 aromatic rings. The number of halogens is 2. The summed E-state index contributed by atoms with van der Waals surface area (Å²) >= 11 is 6.67. The lowest BCUT2D eigenvalue weighted by Gasteiger charge is -2.14. The molecule has 0 spiro atoms. The molecule has 0 radical (unpaired) electrons. The van der Waals surface area contributed by atoms with E-state index >= 15 is 0 Å². The van der Waals surface area contributed by atoms with Gasteiger partial charge in [0.2, 0.25) is 0 Å². The van der Waals surface area contributed by atoms with Crippen molar-refractivity contribution in [3.63, 3.8) is 0 Å². The van der Waals surface area contributed by atoms with Gasteiger partial charge in [-0.05, 0) is 44.3 Å². The fourth-order valence-corrected chi connectivity index (χ4v) is 2.82. The van der Waals surface area contributed by atoms with Crippen molar-refractivity contribution in [1.29, 1.82) is 0 Å². The zero-order valence-electron chi connectivity index (χ0n) is 11.6. The second-order valence-corrected chi connectivity index (χ2v) is 5.95. The monoisotopic (exact) mass is 422 g/mol. The number of carboxylic acid groups (broad SMARTS) is 1. The summed E-state index contributed by atoms with van der Waals surface area (Å²) in [5, 5.41) is 14.1. The van der Waals surface area contributed by atoms with E-state index in [9.17, 15) is 9.59 Å². The summed E-state index contributed by atoms with van der Waals surface area (Å²) in [5.74, 6) is -0.951. The number of carbonyl (C=O) groups is 2.